The van der Waals surface area contributed by atoms with Crippen molar-refractivity contribution in [3.8, 4) is 0 Å². The second kappa shape index (κ2) is 5.27. The number of halogens is 1. The average molecular weight is 231 g/mol. The number of carbonyl (C=O) groups is 1. The van der Waals surface area contributed by atoms with Crippen molar-refractivity contribution >= 4 is 29.3 Å². The largest absolute Gasteiger partial charge is 0.480 e. The van der Waals surface area contributed by atoms with Crippen LogP contribution in [0.2, 0.25) is 5.02 Å². The van der Waals surface area contributed by atoms with Crippen molar-refractivity contribution < 1.29 is 9.90 Å². The summed E-state index contributed by atoms with van der Waals surface area (Å²) in [5.74, 6) is -0.158. The Balaban J connectivity index is 2.54. The molecule has 0 unspecified atom stereocenters. The van der Waals surface area contributed by atoms with Crippen molar-refractivity contribution in [2.45, 2.75) is 17.9 Å². The normalized spacial score (nSPS) is 12.4. The molecule has 1 rings (SSSR count). The predicted octanol–water partition coefficient (Wildman–Crippen LogP) is 3.05. The molecule has 0 saturated carbocycles. The first kappa shape index (κ1) is 11.4. The Morgan fingerprint density at radius 2 is 2.21 bits per heavy atom. The summed E-state index contributed by atoms with van der Waals surface area (Å²) in [6.45, 7) is 1.67. The highest BCUT2D eigenvalue weighted by Crippen LogP contribution is 2.23. The molecule has 0 aromatic heterocycles. The van der Waals surface area contributed by atoms with Gasteiger partial charge in [-0.2, -0.15) is 0 Å². The summed E-state index contributed by atoms with van der Waals surface area (Å²) in [5, 5.41) is 8.97. The van der Waals surface area contributed by atoms with E-state index < -0.39 is 11.2 Å². The molecule has 0 aliphatic heterocycles. The zero-order valence-electron chi connectivity index (χ0n) is 7.74. The van der Waals surface area contributed by atoms with Crippen LogP contribution in [0.1, 0.15) is 12.5 Å². The third-order valence-corrected chi connectivity index (χ3v) is 3.34. The molecule has 0 aliphatic rings. The molecule has 1 aromatic rings. The minimum absolute atomic E-state index is 0.397. The molecule has 14 heavy (non-hydrogen) atoms. The summed E-state index contributed by atoms with van der Waals surface area (Å²) < 4.78 is 0. The van der Waals surface area contributed by atoms with Crippen LogP contribution < -0.4 is 0 Å². The predicted molar refractivity (Wildman–Crippen MR) is 59.8 cm³/mol. The van der Waals surface area contributed by atoms with Crippen molar-refractivity contribution in [1.29, 1.82) is 0 Å². The summed E-state index contributed by atoms with van der Waals surface area (Å²) in [7, 11) is 0. The van der Waals surface area contributed by atoms with Crippen molar-refractivity contribution in [2.75, 3.05) is 0 Å². The number of rotatable bonds is 4. The van der Waals surface area contributed by atoms with E-state index in [9.17, 15) is 4.79 Å². The van der Waals surface area contributed by atoms with E-state index in [1.54, 1.807) is 6.92 Å². The summed E-state index contributed by atoms with van der Waals surface area (Å²) in [6, 6.07) is 7.47. The summed E-state index contributed by atoms with van der Waals surface area (Å²) in [6.07, 6.45) is 0. The van der Waals surface area contributed by atoms with Crippen LogP contribution in [0.15, 0.2) is 24.3 Å². The number of carboxylic acids is 1. The van der Waals surface area contributed by atoms with E-state index in [1.165, 1.54) is 11.8 Å². The zero-order chi connectivity index (χ0) is 10.6. The van der Waals surface area contributed by atoms with Gasteiger partial charge in [0.05, 0.1) is 5.25 Å². The lowest BCUT2D eigenvalue weighted by molar-refractivity contribution is -0.136. The molecule has 2 nitrogen and oxygen atoms in total. The first-order valence-corrected chi connectivity index (χ1v) is 5.61. The summed E-state index contributed by atoms with van der Waals surface area (Å²) in [5.41, 5.74) is 0.979. The van der Waals surface area contributed by atoms with E-state index >= 15 is 0 Å². The molecule has 0 heterocycles. The maximum Gasteiger partial charge on any atom is 0.316 e. The van der Waals surface area contributed by atoms with Crippen LogP contribution in [0.25, 0.3) is 0 Å². The van der Waals surface area contributed by atoms with Crippen molar-refractivity contribution in [1.82, 2.24) is 0 Å². The number of hydrogen-bond acceptors (Lipinski definition) is 2. The molecule has 1 N–H and O–H groups in total. The number of hydrogen-bond donors (Lipinski definition) is 1. The molecular formula is C10H11ClO2S. The lowest BCUT2D eigenvalue weighted by Gasteiger charge is -2.06. The van der Waals surface area contributed by atoms with Gasteiger partial charge in [-0.05, 0) is 18.6 Å². The topological polar surface area (TPSA) is 37.3 Å². The van der Waals surface area contributed by atoms with Crippen molar-refractivity contribution in [3.05, 3.63) is 34.9 Å². The van der Waals surface area contributed by atoms with E-state index in [-0.39, 0.29) is 0 Å². The number of carboxylic acid groups (broad SMARTS) is 1. The van der Waals surface area contributed by atoms with Gasteiger partial charge < -0.3 is 5.11 Å². The lowest BCUT2D eigenvalue weighted by atomic mass is 10.2. The van der Waals surface area contributed by atoms with Crippen LogP contribution in [0.5, 0.6) is 0 Å². The molecule has 76 valence electrons. The first-order valence-electron chi connectivity index (χ1n) is 4.19. The minimum atomic E-state index is -0.790. The molecule has 0 radical (unpaired) electrons. The minimum Gasteiger partial charge on any atom is -0.480 e. The smallest absolute Gasteiger partial charge is 0.316 e. The van der Waals surface area contributed by atoms with Gasteiger partial charge in [0.2, 0.25) is 0 Å². The van der Waals surface area contributed by atoms with Gasteiger partial charge in [-0.1, -0.05) is 29.8 Å². The number of benzene rings is 1. The van der Waals surface area contributed by atoms with Gasteiger partial charge in [0.15, 0.2) is 0 Å². The Hall–Kier alpha value is -0.670. The van der Waals surface area contributed by atoms with Gasteiger partial charge in [-0.3, -0.25) is 4.79 Å². The number of aliphatic carboxylic acids is 1. The second-order valence-corrected chi connectivity index (χ2v) is 4.62. The Labute approximate surface area is 92.3 Å². The highest BCUT2D eigenvalue weighted by molar-refractivity contribution is 7.99. The Morgan fingerprint density at radius 3 is 2.79 bits per heavy atom. The molecule has 0 amide bonds. The van der Waals surface area contributed by atoms with Crippen molar-refractivity contribution in [3.63, 3.8) is 0 Å². The van der Waals surface area contributed by atoms with Crippen LogP contribution in [-0.2, 0) is 10.5 Å². The fraction of sp³-hybridized carbons (Fsp3) is 0.300. The molecule has 4 heteroatoms. The van der Waals surface area contributed by atoms with Crippen molar-refractivity contribution in [2.24, 2.45) is 0 Å². The maximum absolute atomic E-state index is 10.6. The molecular weight excluding hydrogens is 220 g/mol. The Morgan fingerprint density at radius 1 is 1.57 bits per heavy atom. The summed E-state index contributed by atoms with van der Waals surface area (Å²) in [4.78, 5) is 10.6. The van der Waals surface area contributed by atoms with E-state index in [4.69, 9.17) is 16.7 Å². The molecule has 0 bridgehead atoms. The molecule has 1 aromatic carbocycles. The van der Waals surface area contributed by atoms with E-state index in [0.717, 1.165) is 5.56 Å². The fourth-order valence-corrected chi connectivity index (χ4v) is 2.01. The number of thioether (sulfide) groups is 1. The molecule has 1 atom stereocenters. The van der Waals surface area contributed by atoms with Crippen LogP contribution in [-0.4, -0.2) is 16.3 Å². The monoisotopic (exact) mass is 230 g/mol. The quantitative estimate of drug-likeness (QED) is 0.864. The van der Waals surface area contributed by atoms with E-state index in [2.05, 4.69) is 0 Å². The first-order chi connectivity index (χ1) is 6.61. The Bertz CT molecular complexity index is 328. The second-order valence-electron chi connectivity index (χ2n) is 2.88. The molecule has 0 aliphatic carbocycles. The van der Waals surface area contributed by atoms with Crippen LogP contribution in [0.4, 0.5) is 0 Å². The van der Waals surface area contributed by atoms with Crippen LogP contribution in [0.3, 0.4) is 0 Å². The van der Waals surface area contributed by atoms with Gasteiger partial charge in [0, 0.05) is 10.8 Å². The fourth-order valence-electron chi connectivity index (χ4n) is 0.902. The maximum atomic E-state index is 10.6. The van der Waals surface area contributed by atoms with Crippen LogP contribution in [0, 0.1) is 0 Å². The molecule has 0 saturated heterocycles. The SMILES string of the molecule is C[C@@H](SCc1ccccc1Cl)C(=O)O. The summed E-state index contributed by atoms with van der Waals surface area (Å²) >= 11 is 7.29. The van der Waals surface area contributed by atoms with E-state index in [0.29, 0.717) is 10.8 Å². The Kier molecular flexibility index (Phi) is 4.29. The van der Waals surface area contributed by atoms with Gasteiger partial charge in [0.25, 0.3) is 0 Å². The third-order valence-electron chi connectivity index (χ3n) is 1.79. The lowest BCUT2D eigenvalue weighted by Crippen LogP contribution is -2.11. The average Bonchev–Trinajstić information content (AvgIpc) is 2.16. The third kappa shape index (κ3) is 3.24. The zero-order valence-corrected chi connectivity index (χ0v) is 9.31. The highest BCUT2D eigenvalue weighted by Gasteiger charge is 2.11. The molecule has 0 fully saturated rings. The highest BCUT2D eigenvalue weighted by atomic mass is 35.5. The van der Waals surface area contributed by atoms with Gasteiger partial charge in [0.1, 0.15) is 0 Å². The van der Waals surface area contributed by atoms with Crippen LogP contribution >= 0.6 is 23.4 Å². The van der Waals surface area contributed by atoms with Gasteiger partial charge in [-0.25, -0.2) is 0 Å². The van der Waals surface area contributed by atoms with Gasteiger partial charge >= 0.3 is 5.97 Å². The molecule has 0 spiro atoms. The standard InChI is InChI=1S/C10H11ClO2S/c1-7(10(12)13)14-6-8-4-2-3-5-9(8)11/h2-5,7H,6H2,1H3,(H,12,13)/t7-/m1/s1. The van der Waals surface area contributed by atoms with Gasteiger partial charge in [-0.15, -0.1) is 11.8 Å². The van der Waals surface area contributed by atoms with E-state index in [1.807, 2.05) is 24.3 Å².